The second kappa shape index (κ2) is 8.54. The van der Waals surface area contributed by atoms with Crippen molar-refractivity contribution in [3.8, 4) is 17.1 Å². The minimum Gasteiger partial charge on any atom is -0.352 e. The van der Waals surface area contributed by atoms with Crippen molar-refractivity contribution in [3.05, 3.63) is 68.8 Å². The molecule has 1 amide bonds. The molecule has 0 fully saturated rings. The predicted octanol–water partition coefficient (Wildman–Crippen LogP) is 4.31. The van der Waals surface area contributed by atoms with Gasteiger partial charge in [-0.2, -0.15) is 17.9 Å². The van der Waals surface area contributed by atoms with Crippen LogP contribution in [0.25, 0.3) is 17.1 Å². The van der Waals surface area contributed by atoms with Gasteiger partial charge in [0.25, 0.3) is 0 Å². The first-order valence-electron chi connectivity index (χ1n) is 9.10. The Balaban J connectivity index is 1.94. The van der Waals surface area contributed by atoms with Crippen LogP contribution in [0.4, 0.5) is 17.6 Å². The summed E-state index contributed by atoms with van der Waals surface area (Å²) in [4.78, 5) is 26.5. The Kier molecular flexibility index (Phi) is 6.21. The fraction of sp³-hybridized carbons (Fsp3) is 0.250. The molecule has 0 bridgehead atoms. The molecule has 0 radical (unpaired) electrons. The minimum atomic E-state index is -4.51. The van der Waals surface area contributed by atoms with Crippen LogP contribution in [0.3, 0.4) is 0 Å². The second-order valence-electron chi connectivity index (χ2n) is 7.03. The van der Waals surface area contributed by atoms with Gasteiger partial charge in [0.1, 0.15) is 5.82 Å². The normalized spacial score (nSPS) is 11.7. The summed E-state index contributed by atoms with van der Waals surface area (Å²) in [6.45, 7) is 3.28. The number of nitrogens with zero attached hydrogens (tertiary/aromatic N) is 2. The molecule has 3 rings (SSSR count). The molecule has 11 heteroatoms. The summed E-state index contributed by atoms with van der Waals surface area (Å²) in [6, 6.07) is 6.24. The van der Waals surface area contributed by atoms with E-state index >= 15 is 0 Å². The van der Waals surface area contributed by atoms with Crippen molar-refractivity contribution in [2.24, 2.45) is 5.92 Å². The van der Waals surface area contributed by atoms with Crippen LogP contribution in [0.5, 0.6) is 0 Å². The van der Waals surface area contributed by atoms with Gasteiger partial charge in [-0.1, -0.05) is 25.4 Å². The van der Waals surface area contributed by atoms with Crippen LogP contribution in [0, 0.1) is 11.7 Å². The van der Waals surface area contributed by atoms with Gasteiger partial charge in [-0.15, -0.1) is 5.10 Å². The smallest absolute Gasteiger partial charge is 0.352 e. The summed E-state index contributed by atoms with van der Waals surface area (Å²) in [6.07, 6.45) is -4.51. The highest BCUT2D eigenvalue weighted by molar-refractivity contribution is 6.33. The van der Waals surface area contributed by atoms with Crippen molar-refractivity contribution in [2.45, 2.75) is 26.6 Å². The Labute approximate surface area is 178 Å². The van der Waals surface area contributed by atoms with Gasteiger partial charge < -0.3 is 5.32 Å². The molecule has 0 aliphatic heterocycles. The summed E-state index contributed by atoms with van der Waals surface area (Å²) >= 11 is 6.10. The summed E-state index contributed by atoms with van der Waals surface area (Å²) in [7, 11) is 0. The lowest BCUT2D eigenvalue weighted by Gasteiger charge is -2.10. The van der Waals surface area contributed by atoms with Gasteiger partial charge in [-0.25, -0.2) is 9.18 Å². The Morgan fingerprint density at radius 3 is 2.45 bits per heavy atom. The van der Waals surface area contributed by atoms with Gasteiger partial charge in [0.05, 0.1) is 16.3 Å². The van der Waals surface area contributed by atoms with Crippen molar-refractivity contribution in [1.29, 1.82) is 0 Å². The zero-order chi connectivity index (χ0) is 22.9. The average Bonchev–Trinajstić information content (AvgIpc) is 3.07. The number of H-pyrrole nitrogens is 1. The zero-order valence-electron chi connectivity index (χ0n) is 16.3. The second-order valence-corrected chi connectivity index (χ2v) is 7.44. The van der Waals surface area contributed by atoms with E-state index in [1.54, 1.807) is 13.8 Å². The summed E-state index contributed by atoms with van der Waals surface area (Å²) < 4.78 is 53.3. The van der Waals surface area contributed by atoms with E-state index in [-0.39, 0.29) is 46.0 Å². The van der Waals surface area contributed by atoms with Crippen molar-refractivity contribution < 1.29 is 22.4 Å². The van der Waals surface area contributed by atoms with Crippen LogP contribution >= 0.6 is 11.6 Å². The first kappa shape index (κ1) is 22.5. The molecule has 0 spiro atoms. The van der Waals surface area contributed by atoms with E-state index in [4.69, 9.17) is 11.6 Å². The number of aromatic amines is 1. The lowest BCUT2D eigenvalue weighted by molar-refractivity contribution is -0.137. The number of alkyl halides is 3. The molecule has 0 atom stereocenters. The number of nitrogens with one attached hydrogen (secondary N) is 2. The van der Waals surface area contributed by atoms with E-state index in [2.05, 4.69) is 15.4 Å². The van der Waals surface area contributed by atoms with Crippen LogP contribution in [0.2, 0.25) is 5.02 Å². The topological polar surface area (TPSA) is 79.8 Å². The minimum absolute atomic E-state index is 0.00802. The van der Waals surface area contributed by atoms with E-state index in [9.17, 15) is 27.2 Å². The van der Waals surface area contributed by atoms with Crippen molar-refractivity contribution in [2.75, 3.05) is 0 Å². The third-order valence-corrected chi connectivity index (χ3v) is 4.74. The molecule has 0 aliphatic carbocycles. The maximum absolute atomic E-state index is 14.3. The quantitative estimate of drug-likeness (QED) is 0.561. The molecule has 0 unspecified atom stereocenters. The number of rotatable bonds is 5. The van der Waals surface area contributed by atoms with Crippen molar-refractivity contribution in [3.63, 3.8) is 0 Å². The predicted molar refractivity (Wildman–Crippen MR) is 106 cm³/mol. The number of benzene rings is 2. The number of hydrogen-bond donors (Lipinski definition) is 2. The summed E-state index contributed by atoms with van der Waals surface area (Å²) in [5.74, 6) is -1.21. The van der Waals surface area contributed by atoms with E-state index < -0.39 is 23.2 Å². The highest BCUT2D eigenvalue weighted by atomic mass is 35.5. The zero-order valence-corrected chi connectivity index (χ0v) is 17.1. The standard InChI is InChI=1S/C20H17ClF4N4O2/c1-10(2)18(30)26-9-11-7-14(15(21)8-16(11)22)17-27-19(31)29(28-17)13-5-3-12(4-6-13)20(23,24)25/h3-8,10H,9H2,1-2H3,(H,26,30)(H,27,28,31). The number of aromatic nitrogens is 3. The molecule has 0 saturated heterocycles. The first-order valence-corrected chi connectivity index (χ1v) is 9.48. The SMILES string of the molecule is CC(C)C(=O)NCc1cc(-c2nn(-c3ccc(C(F)(F)F)cc3)c(=O)[nH]2)c(Cl)cc1F. The average molecular weight is 457 g/mol. The Morgan fingerprint density at radius 1 is 1.23 bits per heavy atom. The maximum Gasteiger partial charge on any atom is 0.416 e. The fourth-order valence-corrected chi connectivity index (χ4v) is 2.95. The van der Waals surface area contributed by atoms with Gasteiger partial charge in [-0.05, 0) is 36.4 Å². The third kappa shape index (κ3) is 4.96. The fourth-order valence-electron chi connectivity index (χ4n) is 2.71. The number of amides is 1. The number of carbonyl (C=O) groups is 1. The molecule has 3 aromatic rings. The molecule has 1 aromatic heterocycles. The van der Waals surface area contributed by atoms with Crippen LogP contribution in [-0.4, -0.2) is 20.7 Å². The first-order chi connectivity index (χ1) is 14.5. The van der Waals surface area contributed by atoms with E-state index in [1.807, 2.05) is 0 Å². The van der Waals surface area contributed by atoms with Crippen LogP contribution in [0.1, 0.15) is 25.0 Å². The highest BCUT2D eigenvalue weighted by Crippen LogP contribution is 2.30. The molecule has 6 nitrogen and oxygen atoms in total. The molecular formula is C20H17ClF4N4O2. The van der Waals surface area contributed by atoms with Gasteiger partial charge >= 0.3 is 11.9 Å². The van der Waals surface area contributed by atoms with E-state index in [1.165, 1.54) is 6.07 Å². The summed E-state index contributed by atoms with van der Waals surface area (Å²) in [5.41, 5.74) is -1.17. The van der Waals surface area contributed by atoms with E-state index in [0.717, 1.165) is 35.0 Å². The van der Waals surface area contributed by atoms with Crippen molar-refractivity contribution in [1.82, 2.24) is 20.1 Å². The Bertz CT molecular complexity index is 1170. The molecule has 31 heavy (non-hydrogen) atoms. The maximum atomic E-state index is 14.3. The van der Waals surface area contributed by atoms with Gasteiger partial charge in [0, 0.05) is 23.6 Å². The molecule has 164 valence electrons. The molecular weight excluding hydrogens is 440 g/mol. The van der Waals surface area contributed by atoms with Gasteiger partial charge in [0.2, 0.25) is 5.91 Å². The molecule has 0 saturated carbocycles. The lowest BCUT2D eigenvalue weighted by atomic mass is 10.1. The Hall–Kier alpha value is -3.14. The summed E-state index contributed by atoms with van der Waals surface area (Å²) in [5, 5.41) is 6.62. The van der Waals surface area contributed by atoms with E-state index in [0.29, 0.717) is 0 Å². The highest BCUT2D eigenvalue weighted by Gasteiger charge is 2.30. The number of hydrogen-bond acceptors (Lipinski definition) is 3. The van der Waals surface area contributed by atoms with Crippen LogP contribution in [-0.2, 0) is 17.5 Å². The largest absolute Gasteiger partial charge is 0.416 e. The van der Waals surface area contributed by atoms with Crippen molar-refractivity contribution >= 4 is 17.5 Å². The third-order valence-electron chi connectivity index (χ3n) is 4.43. The molecule has 0 aliphatic rings. The van der Waals surface area contributed by atoms with Crippen LogP contribution in [0.15, 0.2) is 41.2 Å². The number of carbonyl (C=O) groups excluding carboxylic acids is 1. The molecule has 1 heterocycles. The Morgan fingerprint density at radius 2 is 1.87 bits per heavy atom. The van der Waals surface area contributed by atoms with Crippen LogP contribution < -0.4 is 11.0 Å². The number of halogens is 5. The monoisotopic (exact) mass is 456 g/mol. The van der Waals surface area contributed by atoms with Gasteiger partial charge in [0.15, 0.2) is 5.82 Å². The molecule has 2 aromatic carbocycles. The van der Waals surface area contributed by atoms with Gasteiger partial charge in [-0.3, -0.25) is 9.78 Å². The lowest BCUT2D eigenvalue weighted by Crippen LogP contribution is -2.27. The molecule has 2 N–H and O–H groups in total.